The van der Waals surface area contributed by atoms with Crippen molar-refractivity contribution in [2.45, 2.75) is 69.1 Å². The lowest BCUT2D eigenvalue weighted by molar-refractivity contribution is -0.147. The Balaban J connectivity index is 1.22. The summed E-state index contributed by atoms with van der Waals surface area (Å²) < 4.78 is 6.66. The molecule has 1 unspecified atom stereocenters. The summed E-state index contributed by atoms with van der Waals surface area (Å²) in [6.45, 7) is 8.66. The highest BCUT2D eigenvalue weighted by molar-refractivity contribution is 7.08. The second kappa shape index (κ2) is 11.0. The fourth-order valence-corrected chi connectivity index (χ4v) is 7.89. The maximum Gasteiger partial charge on any atom is 0.0920 e. The Morgan fingerprint density at radius 3 is 2.60 bits per heavy atom. The Morgan fingerprint density at radius 2 is 1.91 bits per heavy atom. The van der Waals surface area contributed by atoms with Crippen LogP contribution in [0.25, 0.3) is 0 Å². The van der Waals surface area contributed by atoms with Gasteiger partial charge in [0.1, 0.15) is 0 Å². The van der Waals surface area contributed by atoms with Gasteiger partial charge >= 0.3 is 0 Å². The van der Waals surface area contributed by atoms with E-state index >= 15 is 0 Å². The van der Waals surface area contributed by atoms with Gasteiger partial charge in [-0.25, -0.2) is 0 Å². The Hall–Kier alpha value is -0.660. The molecule has 0 radical (unpaired) electrons. The second-order valence-corrected chi connectivity index (χ2v) is 12.7. The lowest BCUT2D eigenvalue weighted by atomic mass is 9.85. The minimum atomic E-state index is -0.296. The fourth-order valence-electron chi connectivity index (χ4n) is 6.69. The monoisotopic (exact) mass is 536 g/mol. The van der Waals surface area contributed by atoms with Crippen LogP contribution in [0.15, 0.2) is 35.0 Å². The summed E-state index contributed by atoms with van der Waals surface area (Å²) in [4.78, 5) is 5.23. The molecule has 3 atom stereocenters. The molecule has 1 aromatic heterocycles. The van der Waals surface area contributed by atoms with Crippen LogP contribution < -0.4 is 0 Å². The van der Waals surface area contributed by atoms with Crippen molar-refractivity contribution in [1.82, 2.24) is 9.80 Å². The largest absolute Gasteiger partial charge is 0.393 e. The molecule has 0 saturated carbocycles. The van der Waals surface area contributed by atoms with Gasteiger partial charge in [0.15, 0.2) is 0 Å². The zero-order chi connectivity index (χ0) is 24.5. The first-order valence-electron chi connectivity index (χ1n) is 13.1. The van der Waals surface area contributed by atoms with Gasteiger partial charge in [-0.2, -0.15) is 11.3 Å². The van der Waals surface area contributed by atoms with E-state index < -0.39 is 0 Å². The number of thiophene rings is 1. The molecule has 3 fully saturated rings. The normalized spacial score (nSPS) is 29.4. The van der Waals surface area contributed by atoms with Crippen molar-refractivity contribution in [1.29, 1.82) is 0 Å². The minimum absolute atomic E-state index is 0.0196. The van der Waals surface area contributed by atoms with E-state index in [1.54, 1.807) is 11.3 Å². The average molecular weight is 538 g/mol. The Labute approximate surface area is 224 Å². The van der Waals surface area contributed by atoms with E-state index in [1.165, 1.54) is 5.56 Å². The molecule has 0 aliphatic carbocycles. The zero-order valence-corrected chi connectivity index (χ0v) is 23.1. The first-order valence-corrected chi connectivity index (χ1v) is 14.8. The third-order valence-corrected chi connectivity index (χ3v) is 9.91. The number of likely N-dealkylation sites (tertiary alicyclic amines) is 2. The van der Waals surface area contributed by atoms with Gasteiger partial charge in [-0.05, 0) is 78.1 Å². The van der Waals surface area contributed by atoms with Gasteiger partial charge in [0, 0.05) is 55.2 Å². The van der Waals surface area contributed by atoms with Crippen LogP contribution in [0.3, 0.4) is 0 Å². The molecule has 1 aromatic carbocycles. The van der Waals surface area contributed by atoms with Gasteiger partial charge in [-0.3, -0.25) is 4.90 Å². The molecule has 3 aliphatic rings. The summed E-state index contributed by atoms with van der Waals surface area (Å²) in [6.07, 6.45) is 6.29. The van der Waals surface area contributed by atoms with Crippen LogP contribution in [0.5, 0.6) is 0 Å². The number of hydrogen-bond donors (Lipinski definition) is 1. The van der Waals surface area contributed by atoms with E-state index in [0.717, 1.165) is 88.4 Å². The van der Waals surface area contributed by atoms with Crippen molar-refractivity contribution in [2.24, 2.45) is 5.92 Å². The molecule has 1 N–H and O–H groups in total. The summed E-state index contributed by atoms with van der Waals surface area (Å²) in [7, 11) is 0. The van der Waals surface area contributed by atoms with E-state index in [4.69, 9.17) is 27.9 Å². The summed E-state index contributed by atoms with van der Waals surface area (Å²) in [6, 6.07) is 8.16. The van der Waals surface area contributed by atoms with E-state index in [9.17, 15) is 5.11 Å². The molecular weight excluding hydrogens is 499 g/mol. The van der Waals surface area contributed by atoms with E-state index in [1.807, 2.05) is 12.1 Å². The predicted molar refractivity (Wildman–Crippen MR) is 146 cm³/mol. The summed E-state index contributed by atoms with van der Waals surface area (Å²) in [5, 5.41) is 16.0. The number of piperidine rings is 1. The SMILES string of the molecule is CCCC1(CO)CCC2(CCN(C[C@H]3CN(Cc4ccc(Cl)cc4Cl)C[C@@H]3c3ccsc3)CC2)O1. The molecule has 0 amide bonds. The molecular formula is C28H38Cl2N2O2S. The first kappa shape index (κ1) is 26.0. The van der Waals surface area contributed by atoms with Gasteiger partial charge < -0.3 is 14.7 Å². The first-order chi connectivity index (χ1) is 16.9. The van der Waals surface area contributed by atoms with Crippen molar-refractivity contribution in [2.75, 3.05) is 39.3 Å². The van der Waals surface area contributed by atoms with Crippen LogP contribution in [0.2, 0.25) is 10.0 Å². The topological polar surface area (TPSA) is 35.9 Å². The summed E-state index contributed by atoms with van der Waals surface area (Å²) in [5.41, 5.74) is 2.31. The highest BCUT2D eigenvalue weighted by Gasteiger charge is 2.49. The summed E-state index contributed by atoms with van der Waals surface area (Å²) in [5.74, 6) is 1.16. The highest BCUT2D eigenvalue weighted by atomic mass is 35.5. The lowest BCUT2D eigenvalue weighted by Crippen LogP contribution is -2.48. The van der Waals surface area contributed by atoms with Crippen LogP contribution >= 0.6 is 34.5 Å². The lowest BCUT2D eigenvalue weighted by Gasteiger charge is -2.42. The zero-order valence-electron chi connectivity index (χ0n) is 20.7. The van der Waals surface area contributed by atoms with Crippen LogP contribution in [-0.4, -0.2) is 65.4 Å². The van der Waals surface area contributed by atoms with Crippen molar-refractivity contribution in [3.8, 4) is 0 Å². The maximum atomic E-state index is 10.0. The van der Waals surface area contributed by atoms with Crippen molar-refractivity contribution in [3.05, 3.63) is 56.2 Å². The Morgan fingerprint density at radius 1 is 1.09 bits per heavy atom. The fraction of sp³-hybridized carbons (Fsp3) is 0.643. The van der Waals surface area contributed by atoms with Gasteiger partial charge in [0.05, 0.1) is 17.8 Å². The molecule has 4 nitrogen and oxygen atoms in total. The number of nitrogens with zero attached hydrogens (tertiary/aromatic N) is 2. The molecule has 7 heteroatoms. The molecule has 4 heterocycles. The molecule has 2 aromatic rings. The minimum Gasteiger partial charge on any atom is -0.393 e. The van der Waals surface area contributed by atoms with Gasteiger partial charge in [-0.15, -0.1) is 0 Å². The molecule has 3 saturated heterocycles. The van der Waals surface area contributed by atoms with Crippen molar-refractivity contribution in [3.63, 3.8) is 0 Å². The third kappa shape index (κ3) is 5.77. The van der Waals surface area contributed by atoms with Gasteiger partial charge in [0.2, 0.25) is 0 Å². The second-order valence-electron chi connectivity index (χ2n) is 11.0. The highest BCUT2D eigenvalue weighted by Crippen LogP contribution is 2.46. The van der Waals surface area contributed by atoms with Crippen molar-refractivity contribution < 1.29 is 9.84 Å². The van der Waals surface area contributed by atoms with Crippen LogP contribution in [0.1, 0.15) is 62.5 Å². The number of ether oxygens (including phenoxy) is 1. The number of aliphatic hydroxyl groups is 1. The van der Waals surface area contributed by atoms with E-state index in [0.29, 0.717) is 16.9 Å². The molecule has 3 aliphatic heterocycles. The molecule has 192 valence electrons. The number of aliphatic hydroxyl groups excluding tert-OH is 1. The standard InChI is InChI=1S/C28H38Cl2N2O2S/c1-2-6-28(20-33)8-7-27(34-28)9-11-31(12-10-27)16-23-17-32(18-25(23)22-5-13-35-19-22)15-21-3-4-24(29)14-26(21)30/h3-5,13-14,19,23,25,33H,2,6-12,15-18,20H2,1H3/t23-,25+,28?/m0/s1. The van der Waals surface area contributed by atoms with E-state index in [2.05, 4.69) is 39.6 Å². The number of rotatable bonds is 8. The average Bonchev–Trinajstić information content (AvgIpc) is 3.58. The summed E-state index contributed by atoms with van der Waals surface area (Å²) >= 11 is 14.4. The van der Waals surface area contributed by atoms with Gasteiger partial charge in [0.25, 0.3) is 0 Å². The van der Waals surface area contributed by atoms with Crippen molar-refractivity contribution >= 4 is 34.5 Å². The Kier molecular flexibility index (Phi) is 8.15. The maximum absolute atomic E-state index is 10.0. The predicted octanol–water partition coefficient (Wildman–Crippen LogP) is 6.45. The molecule has 1 spiro atoms. The Bertz CT molecular complexity index is 979. The molecule has 0 bridgehead atoms. The quantitative estimate of drug-likeness (QED) is 0.420. The third-order valence-electron chi connectivity index (χ3n) is 8.62. The number of hydrogen-bond acceptors (Lipinski definition) is 5. The number of halogens is 2. The number of benzene rings is 1. The smallest absolute Gasteiger partial charge is 0.0920 e. The van der Waals surface area contributed by atoms with Crippen LogP contribution in [0, 0.1) is 5.92 Å². The van der Waals surface area contributed by atoms with Gasteiger partial charge in [-0.1, -0.05) is 42.6 Å². The molecule has 5 rings (SSSR count). The molecule has 35 heavy (non-hydrogen) atoms. The van der Waals surface area contributed by atoms with Crippen LogP contribution in [-0.2, 0) is 11.3 Å². The van der Waals surface area contributed by atoms with Crippen LogP contribution in [0.4, 0.5) is 0 Å². The van der Waals surface area contributed by atoms with E-state index in [-0.39, 0.29) is 17.8 Å².